The molecule has 0 aliphatic carbocycles. The number of carbonyl (C=O) groups excluding carboxylic acids is 1. The Morgan fingerprint density at radius 1 is 1.25 bits per heavy atom. The van der Waals surface area contributed by atoms with Crippen molar-refractivity contribution in [3.05, 3.63) is 29.3 Å². The first-order valence-corrected chi connectivity index (χ1v) is 10.3. The number of nitrogens with zero attached hydrogens (tertiary/aromatic N) is 1. The number of hydrogen-bond donors (Lipinski definition) is 0. The molecule has 1 amide bonds. The van der Waals surface area contributed by atoms with Gasteiger partial charge in [0, 0.05) is 24.1 Å². The third-order valence-electron chi connectivity index (χ3n) is 4.40. The van der Waals surface area contributed by atoms with E-state index >= 15 is 0 Å². The second-order valence-electron chi connectivity index (χ2n) is 6.52. The van der Waals surface area contributed by atoms with Gasteiger partial charge in [-0.25, -0.2) is 0 Å². The van der Waals surface area contributed by atoms with E-state index in [0.717, 1.165) is 16.8 Å². The molecular weight excluding hydrogens is 325 g/mol. The Labute approximate surface area is 144 Å². The average Bonchev–Trinajstić information content (AvgIpc) is 2.79. The maximum absolute atomic E-state index is 13.1. The Kier molecular flexibility index (Phi) is 5.90. The van der Waals surface area contributed by atoms with Gasteiger partial charge in [-0.15, -0.1) is 0 Å². The Morgan fingerprint density at radius 2 is 1.88 bits per heavy atom. The first-order valence-electron chi connectivity index (χ1n) is 8.58. The minimum absolute atomic E-state index is 0.0754. The summed E-state index contributed by atoms with van der Waals surface area (Å²) in [5, 5.41) is 0. The van der Waals surface area contributed by atoms with Crippen molar-refractivity contribution in [2.24, 2.45) is 0 Å². The SMILES string of the molecule is CCOP(=O)(CC1(C)CN(C(=O)CC)c2ccc(C)cc21)OCC. The highest BCUT2D eigenvalue weighted by molar-refractivity contribution is 7.53. The molecule has 0 aromatic heterocycles. The van der Waals surface area contributed by atoms with Crippen LogP contribution in [0.25, 0.3) is 0 Å². The van der Waals surface area contributed by atoms with Gasteiger partial charge in [0.1, 0.15) is 0 Å². The van der Waals surface area contributed by atoms with Gasteiger partial charge in [0.05, 0.1) is 19.4 Å². The van der Waals surface area contributed by atoms with Crippen LogP contribution in [0.1, 0.15) is 45.2 Å². The van der Waals surface area contributed by atoms with E-state index in [1.165, 1.54) is 0 Å². The van der Waals surface area contributed by atoms with E-state index in [1.807, 2.05) is 46.8 Å². The fourth-order valence-corrected chi connectivity index (χ4v) is 5.55. The molecule has 5 nitrogen and oxygen atoms in total. The van der Waals surface area contributed by atoms with Crippen LogP contribution in [0.3, 0.4) is 0 Å². The van der Waals surface area contributed by atoms with Gasteiger partial charge in [0.2, 0.25) is 5.91 Å². The van der Waals surface area contributed by atoms with Gasteiger partial charge in [0.15, 0.2) is 0 Å². The maximum Gasteiger partial charge on any atom is 0.331 e. The second kappa shape index (κ2) is 7.38. The van der Waals surface area contributed by atoms with Crippen molar-refractivity contribution in [2.75, 3.05) is 30.8 Å². The Morgan fingerprint density at radius 3 is 2.42 bits per heavy atom. The lowest BCUT2D eigenvalue weighted by molar-refractivity contribution is -0.118. The lowest BCUT2D eigenvalue weighted by Gasteiger charge is -2.29. The maximum atomic E-state index is 13.1. The van der Waals surface area contributed by atoms with Crippen molar-refractivity contribution in [3.8, 4) is 0 Å². The highest BCUT2D eigenvalue weighted by Crippen LogP contribution is 2.56. The van der Waals surface area contributed by atoms with Crippen molar-refractivity contribution in [1.82, 2.24) is 0 Å². The molecule has 0 N–H and O–H groups in total. The summed E-state index contributed by atoms with van der Waals surface area (Å²) in [5.41, 5.74) is 2.62. The molecule has 134 valence electrons. The molecule has 0 fully saturated rings. The van der Waals surface area contributed by atoms with Crippen molar-refractivity contribution >= 4 is 19.2 Å². The zero-order valence-electron chi connectivity index (χ0n) is 15.3. The van der Waals surface area contributed by atoms with Crippen LogP contribution >= 0.6 is 7.60 Å². The van der Waals surface area contributed by atoms with E-state index in [-0.39, 0.29) is 12.1 Å². The number of hydrogen-bond acceptors (Lipinski definition) is 4. The average molecular weight is 353 g/mol. The first kappa shape index (κ1) is 19.2. The van der Waals surface area contributed by atoms with Crippen LogP contribution in [0.15, 0.2) is 18.2 Å². The normalized spacial score (nSPS) is 20.3. The van der Waals surface area contributed by atoms with Crippen molar-refractivity contribution in [2.45, 2.75) is 46.5 Å². The van der Waals surface area contributed by atoms with E-state index in [0.29, 0.717) is 26.2 Å². The monoisotopic (exact) mass is 353 g/mol. The van der Waals surface area contributed by atoms with Gasteiger partial charge < -0.3 is 13.9 Å². The van der Waals surface area contributed by atoms with Crippen LogP contribution in [-0.2, 0) is 23.8 Å². The van der Waals surface area contributed by atoms with E-state index < -0.39 is 13.0 Å². The minimum Gasteiger partial charge on any atom is -0.311 e. The lowest BCUT2D eigenvalue weighted by atomic mass is 9.86. The minimum atomic E-state index is -3.21. The predicted octanol–water partition coefficient (Wildman–Crippen LogP) is 4.28. The summed E-state index contributed by atoms with van der Waals surface area (Å²) in [7, 11) is -3.21. The fraction of sp³-hybridized carbons (Fsp3) is 0.611. The molecule has 1 aliphatic rings. The Balaban J connectivity index is 2.44. The summed E-state index contributed by atoms with van der Waals surface area (Å²) in [6.45, 7) is 10.7. The molecule has 1 aromatic rings. The molecule has 1 unspecified atom stereocenters. The molecule has 24 heavy (non-hydrogen) atoms. The zero-order chi connectivity index (χ0) is 18.0. The van der Waals surface area contributed by atoms with Gasteiger partial charge >= 0.3 is 7.60 Å². The number of benzene rings is 1. The summed E-state index contributed by atoms with van der Waals surface area (Å²) >= 11 is 0. The number of rotatable bonds is 7. The summed E-state index contributed by atoms with van der Waals surface area (Å²) < 4.78 is 24.1. The van der Waals surface area contributed by atoms with Crippen molar-refractivity contribution < 1.29 is 18.4 Å². The number of carbonyl (C=O) groups is 1. The molecule has 6 heteroatoms. The highest BCUT2D eigenvalue weighted by atomic mass is 31.2. The van der Waals surface area contributed by atoms with Crippen LogP contribution < -0.4 is 4.90 Å². The molecule has 0 bridgehead atoms. The second-order valence-corrected chi connectivity index (χ2v) is 8.57. The lowest BCUT2D eigenvalue weighted by Crippen LogP contribution is -2.37. The fourth-order valence-electron chi connectivity index (χ4n) is 3.39. The topological polar surface area (TPSA) is 55.8 Å². The molecular formula is C18H28NO4P. The standard InChI is InChI=1S/C18H28NO4P/c1-6-17(20)19-12-18(5,13-24(21,22-7-2)23-8-3)15-11-14(4)9-10-16(15)19/h9-11H,6-8,12-13H2,1-5H3. The van der Waals surface area contributed by atoms with E-state index in [9.17, 15) is 9.36 Å². The predicted molar refractivity (Wildman–Crippen MR) is 96.9 cm³/mol. The molecule has 0 spiro atoms. The molecule has 1 heterocycles. The molecule has 0 saturated heterocycles. The van der Waals surface area contributed by atoms with Crippen LogP contribution in [0.5, 0.6) is 0 Å². The number of anilines is 1. The van der Waals surface area contributed by atoms with Gasteiger partial charge in [0.25, 0.3) is 0 Å². The van der Waals surface area contributed by atoms with Crippen LogP contribution in [0, 0.1) is 6.92 Å². The molecule has 2 rings (SSSR count). The van der Waals surface area contributed by atoms with Crippen molar-refractivity contribution in [1.29, 1.82) is 0 Å². The molecule has 1 atom stereocenters. The van der Waals surface area contributed by atoms with E-state index in [4.69, 9.17) is 9.05 Å². The van der Waals surface area contributed by atoms with Gasteiger partial charge in [-0.2, -0.15) is 0 Å². The smallest absolute Gasteiger partial charge is 0.311 e. The third kappa shape index (κ3) is 3.74. The first-order chi connectivity index (χ1) is 11.3. The quantitative estimate of drug-likeness (QED) is 0.687. The number of amides is 1. The van der Waals surface area contributed by atoms with Crippen LogP contribution in [-0.4, -0.2) is 31.8 Å². The molecule has 0 radical (unpaired) electrons. The summed E-state index contributed by atoms with van der Waals surface area (Å²) in [5.74, 6) is 0.0754. The van der Waals surface area contributed by atoms with Crippen LogP contribution in [0.4, 0.5) is 5.69 Å². The Hall–Kier alpha value is -1.16. The third-order valence-corrected chi connectivity index (χ3v) is 6.79. The zero-order valence-corrected chi connectivity index (χ0v) is 16.2. The van der Waals surface area contributed by atoms with Crippen molar-refractivity contribution in [3.63, 3.8) is 0 Å². The molecule has 1 aromatic carbocycles. The van der Waals surface area contributed by atoms with E-state index in [2.05, 4.69) is 6.07 Å². The van der Waals surface area contributed by atoms with Gasteiger partial charge in [-0.1, -0.05) is 31.5 Å². The molecule has 1 aliphatic heterocycles. The summed E-state index contributed by atoms with van der Waals surface area (Å²) in [4.78, 5) is 14.2. The summed E-state index contributed by atoms with van der Waals surface area (Å²) in [6, 6.07) is 6.07. The number of fused-ring (bicyclic) bond motifs is 1. The molecule has 0 saturated carbocycles. The summed E-state index contributed by atoms with van der Waals surface area (Å²) in [6.07, 6.45) is 0.712. The highest BCUT2D eigenvalue weighted by Gasteiger charge is 2.46. The van der Waals surface area contributed by atoms with E-state index in [1.54, 1.807) is 4.90 Å². The number of aryl methyl sites for hydroxylation is 1. The van der Waals surface area contributed by atoms with Gasteiger partial charge in [-0.3, -0.25) is 9.36 Å². The largest absolute Gasteiger partial charge is 0.331 e. The Bertz CT molecular complexity index is 650. The van der Waals surface area contributed by atoms with Crippen LogP contribution in [0.2, 0.25) is 0 Å². The van der Waals surface area contributed by atoms with Gasteiger partial charge in [-0.05, 0) is 32.4 Å².